The van der Waals surface area contributed by atoms with Gasteiger partial charge in [-0.25, -0.2) is 0 Å². The zero-order valence-corrected chi connectivity index (χ0v) is 20.0. The largest absolute Gasteiger partial charge is 0.396 e. The Balaban J connectivity index is 1.79. The van der Waals surface area contributed by atoms with Crippen molar-refractivity contribution in [1.29, 1.82) is 0 Å². The van der Waals surface area contributed by atoms with Gasteiger partial charge < -0.3 is 9.84 Å². The Morgan fingerprint density at radius 2 is 1.61 bits per heavy atom. The highest BCUT2D eigenvalue weighted by atomic mass is 32.2. The van der Waals surface area contributed by atoms with E-state index in [2.05, 4.69) is 101 Å². The van der Waals surface area contributed by atoms with Gasteiger partial charge in [-0.05, 0) is 40.2 Å². The second-order valence-electron chi connectivity index (χ2n) is 7.57. The molecule has 0 aliphatic rings. The maximum absolute atomic E-state index is 9.02. The van der Waals surface area contributed by atoms with Crippen LogP contribution in [0.2, 0.25) is 0 Å². The topological polar surface area (TPSA) is 42.4 Å². The smallest absolute Gasteiger partial charge is 0.0948 e. The number of nitrogens with zero attached hydrogens (tertiary/aromatic N) is 1. The molecule has 0 saturated heterocycles. The highest BCUT2D eigenvalue weighted by Gasteiger charge is 2.36. The molecule has 4 aromatic rings. The van der Waals surface area contributed by atoms with Crippen molar-refractivity contribution >= 4 is 29.2 Å². The molecule has 0 atom stereocenters. The van der Waals surface area contributed by atoms with Crippen LogP contribution in [0, 0.1) is 0 Å². The van der Waals surface area contributed by atoms with Crippen LogP contribution in [-0.4, -0.2) is 23.3 Å². The quantitative estimate of drug-likeness (QED) is 0.194. The molecular formula is C28H27NO2S2. The number of ether oxygens (including phenoxy) is 1. The van der Waals surface area contributed by atoms with Crippen molar-refractivity contribution in [2.24, 2.45) is 0 Å². The SMILES string of the molecule is OCCCOCc1cccc(C(S/C=C\c2cncs2)(c2ccccc2)c2ccccc2)c1. The summed E-state index contributed by atoms with van der Waals surface area (Å²) in [6.07, 6.45) is 4.67. The summed E-state index contributed by atoms with van der Waals surface area (Å²) in [7, 11) is 0. The molecule has 0 amide bonds. The first kappa shape index (κ1) is 23.5. The van der Waals surface area contributed by atoms with E-state index in [0.717, 1.165) is 10.4 Å². The minimum absolute atomic E-state index is 0.147. The molecule has 1 N–H and O–H groups in total. The first-order valence-electron chi connectivity index (χ1n) is 10.9. The van der Waals surface area contributed by atoms with E-state index in [9.17, 15) is 0 Å². The molecule has 3 nitrogen and oxygen atoms in total. The first-order chi connectivity index (χ1) is 16.3. The molecule has 3 aromatic carbocycles. The minimum atomic E-state index is -0.426. The van der Waals surface area contributed by atoms with E-state index >= 15 is 0 Å². The highest BCUT2D eigenvalue weighted by Crippen LogP contribution is 2.49. The number of aliphatic hydroxyl groups excluding tert-OH is 1. The number of aromatic nitrogens is 1. The average molecular weight is 474 g/mol. The predicted octanol–water partition coefficient (Wildman–Crippen LogP) is 6.74. The summed E-state index contributed by atoms with van der Waals surface area (Å²) in [4.78, 5) is 5.32. The van der Waals surface area contributed by atoms with Gasteiger partial charge in [0.1, 0.15) is 0 Å². The zero-order valence-electron chi connectivity index (χ0n) is 18.3. The Morgan fingerprint density at radius 3 is 2.24 bits per heavy atom. The summed E-state index contributed by atoms with van der Waals surface area (Å²) >= 11 is 3.42. The molecule has 0 aliphatic carbocycles. The second-order valence-corrected chi connectivity index (χ2v) is 9.61. The Hall–Kier alpha value is -2.70. The molecular weight excluding hydrogens is 446 g/mol. The van der Waals surface area contributed by atoms with Gasteiger partial charge in [-0.1, -0.05) is 84.9 Å². The lowest BCUT2D eigenvalue weighted by Crippen LogP contribution is -2.25. The zero-order chi connectivity index (χ0) is 22.8. The van der Waals surface area contributed by atoms with Crippen LogP contribution >= 0.6 is 23.1 Å². The van der Waals surface area contributed by atoms with Gasteiger partial charge >= 0.3 is 0 Å². The molecule has 0 fully saturated rings. The second kappa shape index (κ2) is 12.0. The number of hydrogen-bond donors (Lipinski definition) is 1. The van der Waals surface area contributed by atoms with Gasteiger partial charge in [0.2, 0.25) is 0 Å². The van der Waals surface area contributed by atoms with E-state index in [4.69, 9.17) is 9.84 Å². The maximum atomic E-state index is 9.02. The van der Waals surface area contributed by atoms with Gasteiger partial charge in [0.15, 0.2) is 0 Å². The van der Waals surface area contributed by atoms with E-state index in [1.165, 1.54) is 16.7 Å². The Morgan fingerprint density at radius 1 is 0.909 bits per heavy atom. The van der Waals surface area contributed by atoms with E-state index in [0.29, 0.717) is 19.6 Å². The van der Waals surface area contributed by atoms with Crippen LogP contribution in [0.15, 0.2) is 102 Å². The van der Waals surface area contributed by atoms with E-state index in [1.54, 1.807) is 23.1 Å². The van der Waals surface area contributed by atoms with Gasteiger partial charge in [0, 0.05) is 24.3 Å². The minimum Gasteiger partial charge on any atom is -0.396 e. The van der Waals surface area contributed by atoms with Gasteiger partial charge in [-0.15, -0.1) is 23.1 Å². The van der Waals surface area contributed by atoms with Crippen LogP contribution < -0.4 is 0 Å². The Bertz CT molecular complexity index is 1090. The summed E-state index contributed by atoms with van der Waals surface area (Å²) in [6.45, 7) is 1.22. The standard InChI is InChI=1S/C28H27NO2S2/c30-16-8-17-31-21-23-9-7-14-26(19-23)28(24-10-3-1-4-11-24,25-12-5-2-6-13-25)33-18-15-27-20-29-22-32-27/h1-7,9-15,18-20,22,30H,8,16-17,21H2/b18-15-. The molecule has 4 rings (SSSR count). The van der Waals surface area contributed by atoms with Crippen molar-refractivity contribution in [3.8, 4) is 0 Å². The van der Waals surface area contributed by atoms with E-state index in [1.807, 2.05) is 11.7 Å². The first-order valence-corrected chi connectivity index (χ1v) is 12.7. The van der Waals surface area contributed by atoms with Gasteiger partial charge in [-0.2, -0.15) is 0 Å². The van der Waals surface area contributed by atoms with Crippen molar-refractivity contribution in [2.75, 3.05) is 13.2 Å². The van der Waals surface area contributed by atoms with E-state index < -0.39 is 4.75 Å². The van der Waals surface area contributed by atoms with Crippen LogP contribution in [0.1, 0.15) is 33.6 Å². The summed E-state index contributed by atoms with van der Waals surface area (Å²) in [6, 6.07) is 30.0. The summed E-state index contributed by atoms with van der Waals surface area (Å²) in [5.74, 6) is 0. The molecule has 0 bridgehead atoms. The third kappa shape index (κ3) is 5.81. The maximum Gasteiger partial charge on any atom is 0.0948 e. The average Bonchev–Trinajstić information content (AvgIpc) is 3.40. The fourth-order valence-corrected chi connectivity index (χ4v) is 5.62. The van der Waals surface area contributed by atoms with Crippen LogP contribution in [0.4, 0.5) is 0 Å². The number of rotatable bonds is 11. The molecule has 0 unspecified atom stereocenters. The van der Waals surface area contributed by atoms with Crippen molar-refractivity contribution in [3.63, 3.8) is 0 Å². The molecule has 0 saturated carbocycles. The number of hydrogen-bond acceptors (Lipinski definition) is 5. The number of thioether (sulfide) groups is 1. The molecule has 1 aromatic heterocycles. The molecule has 33 heavy (non-hydrogen) atoms. The van der Waals surface area contributed by atoms with Crippen molar-refractivity contribution in [3.05, 3.63) is 129 Å². The Kier molecular flexibility index (Phi) is 8.50. The molecule has 0 aliphatic heterocycles. The van der Waals surface area contributed by atoms with Gasteiger partial charge in [-0.3, -0.25) is 4.98 Å². The van der Waals surface area contributed by atoms with Crippen LogP contribution in [0.25, 0.3) is 6.08 Å². The fourth-order valence-electron chi connectivity index (χ4n) is 3.80. The summed E-state index contributed by atoms with van der Waals surface area (Å²) in [5.41, 5.74) is 6.60. The van der Waals surface area contributed by atoms with Crippen molar-refractivity contribution < 1.29 is 9.84 Å². The third-order valence-corrected chi connectivity index (χ3v) is 7.41. The molecule has 0 spiro atoms. The molecule has 0 radical (unpaired) electrons. The lowest BCUT2D eigenvalue weighted by atomic mass is 9.83. The van der Waals surface area contributed by atoms with Crippen molar-refractivity contribution in [2.45, 2.75) is 17.8 Å². The predicted molar refractivity (Wildman–Crippen MR) is 139 cm³/mol. The molecule has 5 heteroatoms. The molecule has 1 heterocycles. The number of thiazole rings is 1. The normalized spacial score (nSPS) is 11.8. The summed E-state index contributed by atoms with van der Waals surface area (Å²) < 4.78 is 5.36. The lowest BCUT2D eigenvalue weighted by molar-refractivity contribution is 0.104. The van der Waals surface area contributed by atoms with E-state index in [-0.39, 0.29) is 6.61 Å². The van der Waals surface area contributed by atoms with Crippen LogP contribution in [0.5, 0.6) is 0 Å². The monoisotopic (exact) mass is 473 g/mol. The summed E-state index contributed by atoms with van der Waals surface area (Å²) in [5, 5.41) is 11.2. The number of benzene rings is 3. The number of aliphatic hydroxyl groups is 1. The van der Waals surface area contributed by atoms with Crippen molar-refractivity contribution in [1.82, 2.24) is 4.98 Å². The highest BCUT2D eigenvalue weighted by molar-refractivity contribution is 8.03. The molecule has 168 valence electrons. The van der Waals surface area contributed by atoms with Crippen LogP contribution in [-0.2, 0) is 16.1 Å². The third-order valence-electron chi connectivity index (χ3n) is 5.34. The van der Waals surface area contributed by atoms with Gasteiger partial charge in [0.05, 0.1) is 16.9 Å². The fraction of sp³-hybridized carbons (Fsp3) is 0.179. The van der Waals surface area contributed by atoms with Crippen LogP contribution in [0.3, 0.4) is 0 Å². The Labute approximate surface area is 203 Å². The van der Waals surface area contributed by atoms with Gasteiger partial charge in [0.25, 0.3) is 0 Å². The lowest BCUT2D eigenvalue weighted by Gasteiger charge is -2.34.